The van der Waals surface area contributed by atoms with E-state index >= 15 is 0 Å². The van der Waals surface area contributed by atoms with Crippen LogP contribution in [0.15, 0.2) is 213 Å². The van der Waals surface area contributed by atoms with E-state index in [0.29, 0.717) is 22.5 Å². The molecule has 6 nitrogen and oxygen atoms in total. The van der Waals surface area contributed by atoms with Crippen molar-refractivity contribution >= 4 is 43.6 Å². The minimum Gasteiger partial charge on any atom is -0.308 e. The van der Waals surface area contributed by atoms with Crippen LogP contribution >= 0.6 is 0 Å². The number of nitriles is 2. The lowest BCUT2D eigenvalue weighted by Crippen LogP contribution is -2.07. The van der Waals surface area contributed by atoms with Gasteiger partial charge in [-0.1, -0.05) is 109 Å². The Kier molecular flexibility index (Phi) is 9.94. The molecule has 0 saturated heterocycles. The Labute approximate surface area is 399 Å². The average molecular weight is 909 g/mol. The van der Waals surface area contributed by atoms with Gasteiger partial charge in [0.2, 0.25) is 0 Å². The number of nitrogens with zero attached hydrogens (tertiary/aromatic N) is 6. The highest BCUT2D eigenvalue weighted by Crippen LogP contribution is 2.43. The van der Waals surface area contributed by atoms with E-state index in [2.05, 4.69) is 40.3 Å². The van der Waals surface area contributed by atoms with Crippen LogP contribution in [0, 0.1) is 22.7 Å². The summed E-state index contributed by atoms with van der Waals surface area (Å²) in [5, 5.41) is 25.3. The predicted octanol–water partition coefficient (Wildman–Crippen LogP) is 15.8. The second-order valence-corrected chi connectivity index (χ2v) is 17.2. The van der Waals surface area contributed by atoms with Crippen molar-refractivity contribution in [1.82, 2.24) is 19.1 Å². The topological polar surface area (TPSA) is 83.2 Å². The molecule has 0 aliphatic rings. The summed E-state index contributed by atoms with van der Waals surface area (Å²) in [5.41, 5.74) is 11.5. The second kappa shape index (κ2) is 16.6. The van der Waals surface area contributed by atoms with Crippen LogP contribution in [-0.4, -0.2) is 19.1 Å². The minimum absolute atomic E-state index is 0.135. The molecule has 70 heavy (non-hydrogen) atoms. The van der Waals surface area contributed by atoms with Crippen molar-refractivity contribution in [2.45, 2.75) is 6.18 Å². The molecule has 0 aliphatic heterocycles. The summed E-state index contributed by atoms with van der Waals surface area (Å²) < 4.78 is 47.8. The van der Waals surface area contributed by atoms with E-state index in [1.165, 1.54) is 6.07 Å². The first-order valence-corrected chi connectivity index (χ1v) is 22.6. The normalized spacial score (nSPS) is 11.6. The second-order valence-electron chi connectivity index (χ2n) is 17.2. The van der Waals surface area contributed by atoms with Gasteiger partial charge in [0.1, 0.15) is 11.6 Å². The third kappa shape index (κ3) is 7.13. The van der Waals surface area contributed by atoms with Crippen LogP contribution < -0.4 is 0 Å². The highest BCUT2D eigenvalue weighted by molar-refractivity contribution is 6.12. The zero-order valence-electron chi connectivity index (χ0n) is 37.0. The van der Waals surface area contributed by atoms with Crippen LogP contribution in [0.2, 0.25) is 0 Å². The van der Waals surface area contributed by atoms with Gasteiger partial charge in [0.05, 0.1) is 62.0 Å². The van der Waals surface area contributed by atoms with Crippen molar-refractivity contribution < 1.29 is 13.2 Å². The van der Waals surface area contributed by atoms with Gasteiger partial charge in [-0.15, -0.1) is 0 Å². The average Bonchev–Trinajstić information content (AvgIpc) is 3.92. The maximum absolute atomic E-state index is 14.6. The summed E-state index contributed by atoms with van der Waals surface area (Å²) >= 11 is 0. The largest absolute Gasteiger partial charge is 0.416 e. The highest BCUT2D eigenvalue weighted by Gasteiger charge is 2.32. The van der Waals surface area contributed by atoms with Gasteiger partial charge in [0.15, 0.2) is 0 Å². The lowest BCUT2D eigenvalue weighted by Gasteiger charge is -2.19. The molecule has 0 bridgehead atoms. The number of alkyl halides is 3. The van der Waals surface area contributed by atoms with E-state index in [4.69, 9.17) is 0 Å². The summed E-state index contributed by atoms with van der Waals surface area (Å²) in [7, 11) is 0. The van der Waals surface area contributed by atoms with Crippen molar-refractivity contribution in [1.29, 1.82) is 10.5 Å². The summed E-state index contributed by atoms with van der Waals surface area (Å²) in [6.07, 6.45) is -1.11. The number of halogens is 3. The maximum atomic E-state index is 14.6. The Morgan fingerprint density at radius 3 is 1.29 bits per heavy atom. The van der Waals surface area contributed by atoms with Crippen LogP contribution in [0.5, 0.6) is 0 Å². The molecular weight excluding hydrogens is 874 g/mol. The van der Waals surface area contributed by atoms with Gasteiger partial charge in [-0.05, 0) is 124 Å². The molecule has 0 spiro atoms. The Bertz CT molecular complexity index is 3920. The summed E-state index contributed by atoms with van der Waals surface area (Å²) in [6.45, 7) is 0. The molecule has 4 heterocycles. The van der Waals surface area contributed by atoms with Crippen LogP contribution in [0.4, 0.5) is 13.2 Å². The van der Waals surface area contributed by atoms with E-state index in [9.17, 15) is 23.7 Å². The maximum Gasteiger partial charge on any atom is 0.416 e. The van der Waals surface area contributed by atoms with E-state index in [1.54, 1.807) is 24.5 Å². The number of fused-ring (bicyclic) bond motifs is 6. The zero-order valence-corrected chi connectivity index (χ0v) is 37.0. The monoisotopic (exact) mass is 908 g/mol. The molecule has 0 aliphatic carbocycles. The fourth-order valence-corrected chi connectivity index (χ4v) is 9.85. The smallest absolute Gasteiger partial charge is 0.308 e. The summed E-state index contributed by atoms with van der Waals surface area (Å²) in [4.78, 5) is 9.31. The quantitative estimate of drug-likeness (QED) is 0.159. The molecule has 330 valence electrons. The Morgan fingerprint density at radius 1 is 0.371 bits per heavy atom. The van der Waals surface area contributed by atoms with Crippen molar-refractivity contribution in [2.75, 3.05) is 0 Å². The molecular formula is C61H35F3N6. The molecule has 0 radical (unpaired) electrons. The number of pyridine rings is 2. The van der Waals surface area contributed by atoms with Crippen LogP contribution in [0.25, 0.3) is 111 Å². The SMILES string of the molecule is N#Cc1cc(-c2cc(-n3c4ccccc4c4cc(-c5ccnc(-c6ccccc6)c5)ccc43)c(C#N)c(-n3c4ccccc4c4cc(-c5ccnc(-c6ccccc6)c5)ccc43)c2)cc(C(F)(F)F)c1. The number of para-hydroxylation sites is 2. The molecule has 0 N–H and O–H groups in total. The van der Waals surface area contributed by atoms with Crippen molar-refractivity contribution in [3.63, 3.8) is 0 Å². The molecule has 0 atom stereocenters. The van der Waals surface area contributed by atoms with Crippen LogP contribution in [0.3, 0.4) is 0 Å². The van der Waals surface area contributed by atoms with Gasteiger partial charge >= 0.3 is 6.18 Å². The van der Waals surface area contributed by atoms with Gasteiger partial charge in [-0.2, -0.15) is 23.7 Å². The van der Waals surface area contributed by atoms with Crippen LogP contribution in [-0.2, 0) is 6.18 Å². The van der Waals surface area contributed by atoms with E-state index in [0.717, 1.165) is 101 Å². The van der Waals surface area contributed by atoms with Gasteiger partial charge in [0.25, 0.3) is 0 Å². The standard InChI is InChI=1S/C61H35F3N6/c62-61(63,64)47-28-38(36-65)27-45(29-47)46-34-59(69-55-17-9-7-15-48(55)50-30-41(19-21-57(50)69)43-23-25-67-53(32-43)39-11-3-1-4-12-39)52(37-66)60(35-46)70-56-18-10-8-16-49(56)51-31-42(20-22-58(51)70)44-24-26-68-54(33-44)40-13-5-2-6-14-40/h1-35H. The molecule has 4 aromatic heterocycles. The highest BCUT2D eigenvalue weighted by atomic mass is 19.4. The summed E-state index contributed by atoms with van der Waals surface area (Å²) in [5.74, 6) is 0. The van der Waals surface area contributed by atoms with Gasteiger partial charge in [0, 0.05) is 45.1 Å². The zero-order chi connectivity index (χ0) is 47.5. The molecule has 9 heteroatoms. The number of hydrogen-bond donors (Lipinski definition) is 0. The lowest BCUT2D eigenvalue weighted by molar-refractivity contribution is -0.137. The first-order chi connectivity index (χ1) is 34.2. The number of aromatic nitrogens is 4. The number of benzene rings is 8. The predicted molar refractivity (Wildman–Crippen MR) is 272 cm³/mol. The van der Waals surface area contributed by atoms with Gasteiger partial charge < -0.3 is 9.13 Å². The van der Waals surface area contributed by atoms with E-state index < -0.39 is 11.7 Å². The Balaban J connectivity index is 1.12. The fraction of sp³-hybridized carbons (Fsp3) is 0.0164. The van der Waals surface area contributed by atoms with Crippen LogP contribution in [0.1, 0.15) is 16.7 Å². The van der Waals surface area contributed by atoms with E-state index in [-0.39, 0.29) is 11.1 Å². The van der Waals surface area contributed by atoms with Gasteiger partial charge in [-0.25, -0.2) is 0 Å². The summed E-state index contributed by atoms with van der Waals surface area (Å²) in [6, 6.07) is 67.8. The van der Waals surface area contributed by atoms with Gasteiger partial charge in [-0.3, -0.25) is 9.97 Å². The first-order valence-electron chi connectivity index (χ1n) is 22.6. The molecule has 0 fully saturated rings. The lowest BCUT2D eigenvalue weighted by atomic mass is 9.96. The first kappa shape index (κ1) is 41.8. The molecule has 0 saturated carbocycles. The fourth-order valence-electron chi connectivity index (χ4n) is 9.85. The molecule has 12 aromatic rings. The Morgan fingerprint density at radius 2 is 0.814 bits per heavy atom. The Hall–Kier alpha value is -9.57. The van der Waals surface area contributed by atoms with Crippen molar-refractivity contribution in [3.05, 3.63) is 229 Å². The molecule has 0 amide bonds. The molecule has 8 aromatic carbocycles. The third-order valence-electron chi connectivity index (χ3n) is 13.1. The number of rotatable bonds is 7. The third-order valence-corrected chi connectivity index (χ3v) is 13.1. The van der Waals surface area contributed by atoms with E-state index in [1.807, 2.05) is 161 Å². The molecule has 12 rings (SSSR count). The minimum atomic E-state index is -4.72. The molecule has 0 unspecified atom stereocenters. The van der Waals surface area contributed by atoms with Crippen molar-refractivity contribution in [2.24, 2.45) is 0 Å². The van der Waals surface area contributed by atoms with Crippen molar-refractivity contribution in [3.8, 4) is 79.4 Å². The number of hydrogen-bond acceptors (Lipinski definition) is 4.